The fraction of sp³-hybridized carbons (Fsp3) is 0.281. The van der Waals surface area contributed by atoms with Gasteiger partial charge in [-0.2, -0.15) is 0 Å². The predicted octanol–water partition coefficient (Wildman–Crippen LogP) is 6.04. The number of nitrogens with zero attached hydrogens (tertiary/aromatic N) is 3. The molecule has 2 saturated heterocycles. The highest BCUT2D eigenvalue weighted by molar-refractivity contribution is 6.31. The van der Waals surface area contributed by atoms with Gasteiger partial charge in [0.15, 0.2) is 0 Å². The first kappa shape index (κ1) is 29.8. The molecule has 1 aromatic heterocycles. The van der Waals surface area contributed by atoms with Crippen molar-refractivity contribution < 1.29 is 28.6 Å². The van der Waals surface area contributed by atoms with Crippen LogP contribution in [0.4, 0.5) is 9.18 Å². The number of carboxylic acid groups (broad SMARTS) is 1. The summed E-state index contributed by atoms with van der Waals surface area (Å²) in [5.74, 6) is -1.02. The Morgan fingerprint density at radius 1 is 1.02 bits per heavy atom. The van der Waals surface area contributed by atoms with Gasteiger partial charge >= 0.3 is 6.09 Å². The Kier molecular flexibility index (Phi) is 7.89. The Hall–Kier alpha value is -4.28. The van der Waals surface area contributed by atoms with Crippen LogP contribution < -0.4 is 4.74 Å². The van der Waals surface area contributed by atoms with Crippen LogP contribution in [0.5, 0.6) is 5.75 Å². The number of rotatable bonds is 6. The van der Waals surface area contributed by atoms with Crippen LogP contribution in [0.1, 0.15) is 29.2 Å². The van der Waals surface area contributed by atoms with Gasteiger partial charge < -0.3 is 29.5 Å². The number of amides is 3. The maximum atomic E-state index is 14.8. The molecule has 3 amide bonds. The first-order valence-electron chi connectivity index (χ1n) is 14.1. The molecule has 3 heterocycles. The number of nitrogens with one attached hydrogen (secondary N) is 1. The molecule has 3 aromatic carbocycles. The number of ether oxygens (including phenoxy) is 1. The molecule has 12 heteroatoms. The lowest BCUT2D eigenvalue weighted by atomic mass is 9.86. The number of fused-ring (bicyclic) bond motifs is 1. The van der Waals surface area contributed by atoms with Crippen molar-refractivity contribution in [1.29, 1.82) is 0 Å². The lowest BCUT2D eigenvalue weighted by Gasteiger charge is -2.42. The summed E-state index contributed by atoms with van der Waals surface area (Å²) < 4.78 is 21.2. The van der Waals surface area contributed by atoms with Crippen LogP contribution >= 0.6 is 23.2 Å². The van der Waals surface area contributed by atoms with E-state index >= 15 is 0 Å². The van der Waals surface area contributed by atoms with Gasteiger partial charge in [0.2, 0.25) is 11.5 Å². The number of H-pyrrole nitrogens is 1. The van der Waals surface area contributed by atoms with Gasteiger partial charge in [0.05, 0.1) is 11.4 Å². The summed E-state index contributed by atoms with van der Waals surface area (Å²) in [7, 11) is 0. The monoisotopic (exact) mass is 638 g/mol. The van der Waals surface area contributed by atoms with E-state index < -0.39 is 29.5 Å². The second kappa shape index (κ2) is 11.7. The molecule has 0 bridgehead atoms. The third-order valence-corrected chi connectivity index (χ3v) is 8.86. The Morgan fingerprint density at radius 2 is 1.73 bits per heavy atom. The summed E-state index contributed by atoms with van der Waals surface area (Å²) in [5, 5.41) is 10.7. The fourth-order valence-electron chi connectivity index (χ4n) is 6.11. The number of carbonyl (C=O) groups excluding carboxylic acids is 2. The van der Waals surface area contributed by atoms with Gasteiger partial charge in [0.1, 0.15) is 17.6 Å². The molecule has 2 fully saturated rings. The van der Waals surface area contributed by atoms with Crippen LogP contribution in [0, 0.1) is 12.7 Å². The van der Waals surface area contributed by atoms with Crippen molar-refractivity contribution >= 4 is 52.0 Å². The fourth-order valence-corrected chi connectivity index (χ4v) is 6.40. The molecular formula is C32H29Cl2FN4O5. The molecule has 2 aliphatic heterocycles. The number of hydrogen-bond donors (Lipinski definition) is 2. The number of likely N-dealkylation sites (tertiary alicyclic amines) is 1. The highest BCUT2D eigenvalue weighted by Crippen LogP contribution is 2.48. The van der Waals surface area contributed by atoms with E-state index in [-0.39, 0.29) is 50.1 Å². The van der Waals surface area contributed by atoms with Crippen molar-refractivity contribution in [3.63, 3.8) is 0 Å². The van der Waals surface area contributed by atoms with Crippen LogP contribution in [0.2, 0.25) is 10.0 Å². The molecule has 0 aliphatic carbocycles. The predicted molar refractivity (Wildman–Crippen MR) is 163 cm³/mol. The largest absolute Gasteiger partial charge is 0.474 e. The van der Waals surface area contributed by atoms with Crippen molar-refractivity contribution in [1.82, 2.24) is 19.7 Å². The molecule has 0 saturated carbocycles. The third-order valence-electron chi connectivity index (χ3n) is 8.32. The molecule has 0 unspecified atom stereocenters. The first-order chi connectivity index (χ1) is 21.1. The molecule has 44 heavy (non-hydrogen) atoms. The van der Waals surface area contributed by atoms with E-state index in [0.29, 0.717) is 27.4 Å². The van der Waals surface area contributed by atoms with Crippen LogP contribution in [0.15, 0.2) is 66.9 Å². The number of aryl methyl sites for hydroxylation is 1. The number of piperazine rings is 1. The highest BCUT2D eigenvalue weighted by Gasteiger charge is 2.61. The average Bonchev–Trinajstić information content (AvgIpc) is 3.53. The smallest absolute Gasteiger partial charge is 0.407 e. The van der Waals surface area contributed by atoms with E-state index in [9.17, 15) is 23.9 Å². The summed E-state index contributed by atoms with van der Waals surface area (Å²) in [6.45, 7) is 2.43. The van der Waals surface area contributed by atoms with Crippen LogP contribution in [-0.2, 0) is 16.1 Å². The zero-order valence-electron chi connectivity index (χ0n) is 23.7. The average molecular weight is 640 g/mol. The van der Waals surface area contributed by atoms with Gasteiger partial charge in [0.25, 0.3) is 5.91 Å². The van der Waals surface area contributed by atoms with Crippen molar-refractivity contribution in [2.75, 3.05) is 26.2 Å². The number of aromatic amines is 1. The number of carbonyl (C=O) groups is 3. The second-order valence-corrected chi connectivity index (χ2v) is 12.0. The summed E-state index contributed by atoms with van der Waals surface area (Å²) in [6.07, 6.45) is 0.387. The third kappa shape index (κ3) is 5.44. The lowest BCUT2D eigenvalue weighted by Crippen LogP contribution is -2.60. The SMILES string of the molecule is Cc1ccc(O[C@@]2(C(=O)N3CCN(C(=O)O)CC3)CC(=O)N(Cc3ccc(Cl)c(F)c3)[C@@H]2c2c[nH]c3cc(Cl)ccc23)cc1. The molecule has 0 radical (unpaired) electrons. The van der Waals surface area contributed by atoms with E-state index in [1.165, 1.54) is 17.0 Å². The highest BCUT2D eigenvalue weighted by atomic mass is 35.5. The maximum Gasteiger partial charge on any atom is 0.407 e. The van der Waals surface area contributed by atoms with Crippen molar-refractivity contribution in [3.05, 3.63) is 99.4 Å². The minimum absolute atomic E-state index is 0.0169. The lowest BCUT2D eigenvalue weighted by molar-refractivity contribution is -0.152. The Balaban J connectivity index is 1.50. The van der Waals surface area contributed by atoms with Gasteiger partial charge in [-0.1, -0.05) is 53.0 Å². The Bertz CT molecular complexity index is 1760. The number of halogens is 3. The van der Waals surface area contributed by atoms with Crippen LogP contribution in [0.3, 0.4) is 0 Å². The topological polar surface area (TPSA) is 106 Å². The van der Waals surface area contributed by atoms with Crippen molar-refractivity contribution in [2.24, 2.45) is 0 Å². The first-order valence-corrected chi connectivity index (χ1v) is 14.8. The minimum atomic E-state index is -1.74. The standard InChI is InChI=1S/C32H29Cl2FN4O5/c1-19-2-6-22(7-3-19)44-32(30(41)37-10-12-38(13-11-37)31(42)43)16-28(40)39(18-20-4-9-25(34)26(35)14-20)29(32)24-17-36-27-15-21(33)5-8-23(24)27/h2-9,14-15,17,29,36H,10-13,16,18H2,1H3,(H,42,43)/t29-,32+/m1/s1. The number of benzene rings is 3. The quantitative estimate of drug-likeness (QED) is 0.268. The Morgan fingerprint density at radius 3 is 2.41 bits per heavy atom. The van der Waals surface area contributed by atoms with E-state index in [1.54, 1.807) is 46.3 Å². The van der Waals surface area contributed by atoms with Gasteiger partial charge in [0, 0.05) is 60.4 Å². The molecule has 0 spiro atoms. The zero-order chi connectivity index (χ0) is 31.2. The maximum absolute atomic E-state index is 14.8. The van der Waals surface area contributed by atoms with Gasteiger partial charge in [-0.25, -0.2) is 9.18 Å². The molecule has 9 nitrogen and oxygen atoms in total. The summed E-state index contributed by atoms with van der Waals surface area (Å²) in [5.41, 5.74) is 1.07. The van der Waals surface area contributed by atoms with E-state index in [1.807, 2.05) is 25.1 Å². The zero-order valence-corrected chi connectivity index (χ0v) is 25.2. The van der Waals surface area contributed by atoms with Gasteiger partial charge in [-0.05, 0) is 48.9 Å². The second-order valence-electron chi connectivity index (χ2n) is 11.1. The minimum Gasteiger partial charge on any atom is -0.474 e. The van der Waals surface area contributed by atoms with Crippen LogP contribution in [0.25, 0.3) is 10.9 Å². The molecule has 2 N–H and O–H groups in total. The molecular weight excluding hydrogens is 610 g/mol. The van der Waals surface area contributed by atoms with E-state index in [2.05, 4.69) is 4.98 Å². The molecule has 228 valence electrons. The summed E-state index contributed by atoms with van der Waals surface area (Å²) in [6, 6.07) is 15.9. The van der Waals surface area contributed by atoms with Crippen molar-refractivity contribution in [2.45, 2.75) is 31.5 Å². The van der Waals surface area contributed by atoms with Gasteiger partial charge in [-0.3, -0.25) is 9.59 Å². The van der Waals surface area contributed by atoms with E-state index in [4.69, 9.17) is 27.9 Å². The normalized spacial score (nSPS) is 20.4. The molecule has 6 rings (SSSR count). The van der Waals surface area contributed by atoms with Gasteiger partial charge in [-0.15, -0.1) is 0 Å². The summed E-state index contributed by atoms with van der Waals surface area (Å²) in [4.78, 5) is 48.0. The summed E-state index contributed by atoms with van der Waals surface area (Å²) >= 11 is 12.2. The Labute approximate surface area is 262 Å². The van der Waals surface area contributed by atoms with Crippen LogP contribution in [-0.4, -0.2) is 74.5 Å². The molecule has 4 aromatic rings. The number of aromatic nitrogens is 1. The number of hydrogen-bond acceptors (Lipinski definition) is 4. The molecule has 2 atom stereocenters. The van der Waals surface area contributed by atoms with E-state index in [0.717, 1.165) is 10.9 Å². The van der Waals surface area contributed by atoms with Crippen molar-refractivity contribution in [3.8, 4) is 5.75 Å². The molecule has 2 aliphatic rings.